The molecule has 0 heterocycles. The van der Waals surface area contributed by atoms with Crippen LogP contribution >= 0.6 is 0 Å². The van der Waals surface area contributed by atoms with E-state index in [1.165, 1.54) is 0 Å². The fraction of sp³-hybridized carbons (Fsp3) is 0.250. The molecule has 2 aliphatic rings. The third kappa shape index (κ3) is 1.16. The van der Waals surface area contributed by atoms with Crippen molar-refractivity contribution in [3.05, 3.63) is 59.2 Å². The van der Waals surface area contributed by atoms with Gasteiger partial charge in [-0.1, -0.05) is 42.5 Å². The van der Waals surface area contributed by atoms with Gasteiger partial charge in [0.15, 0.2) is 0 Å². The molecule has 2 aliphatic carbocycles. The highest BCUT2D eigenvalue weighted by molar-refractivity contribution is 5.82. The van der Waals surface area contributed by atoms with E-state index in [4.69, 9.17) is 0 Å². The van der Waals surface area contributed by atoms with Gasteiger partial charge in [0.05, 0.1) is 0 Å². The maximum absolute atomic E-state index is 11.1. The molecule has 0 spiro atoms. The predicted octanol–water partition coefficient (Wildman–Crippen LogP) is 0.672. The van der Waals surface area contributed by atoms with Crippen LogP contribution in [0.4, 0.5) is 0 Å². The van der Waals surface area contributed by atoms with Crippen LogP contribution in [0.25, 0.3) is 11.1 Å². The second-order valence-corrected chi connectivity index (χ2v) is 5.46. The van der Waals surface area contributed by atoms with E-state index in [9.17, 15) is 20.4 Å². The van der Waals surface area contributed by atoms with Crippen molar-refractivity contribution in [1.82, 2.24) is 0 Å². The molecule has 2 aromatic carbocycles. The Kier molecular flexibility index (Phi) is 2.22. The average molecular weight is 270 g/mol. The summed E-state index contributed by atoms with van der Waals surface area (Å²) in [5, 5.41) is 41.6. The summed E-state index contributed by atoms with van der Waals surface area (Å²) in [5.74, 6) is 0. The van der Waals surface area contributed by atoms with E-state index >= 15 is 0 Å². The van der Waals surface area contributed by atoms with E-state index < -0.39 is 23.9 Å². The number of aliphatic hydroxyl groups excluding tert-OH is 3. The molecule has 0 unspecified atom stereocenters. The molecular formula is C16H14O4. The topological polar surface area (TPSA) is 80.9 Å². The lowest BCUT2D eigenvalue weighted by molar-refractivity contribution is -0.152. The quantitative estimate of drug-likeness (QED) is 0.567. The van der Waals surface area contributed by atoms with Crippen molar-refractivity contribution in [2.24, 2.45) is 0 Å². The first-order chi connectivity index (χ1) is 9.56. The van der Waals surface area contributed by atoms with Crippen molar-refractivity contribution in [3.63, 3.8) is 0 Å². The Morgan fingerprint density at radius 3 is 2.35 bits per heavy atom. The van der Waals surface area contributed by atoms with Crippen LogP contribution in [0.1, 0.15) is 22.8 Å². The molecule has 102 valence electrons. The molecule has 0 fully saturated rings. The van der Waals surface area contributed by atoms with E-state index in [0.717, 1.165) is 11.1 Å². The molecule has 20 heavy (non-hydrogen) atoms. The Bertz CT molecular complexity index is 711. The molecule has 4 heteroatoms. The van der Waals surface area contributed by atoms with Gasteiger partial charge in [0, 0.05) is 5.56 Å². The molecule has 4 rings (SSSR count). The van der Waals surface area contributed by atoms with E-state index in [-0.39, 0.29) is 0 Å². The minimum absolute atomic E-state index is 0.471. The van der Waals surface area contributed by atoms with Crippen LogP contribution < -0.4 is 0 Å². The van der Waals surface area contributed by atoms with Gasteiger partial charge >= 0.3 is 0 Å². The minimum atomic E-state index is -1.67. The van der Waals surface area contributed by atoms with Gasteiger partial charge in [0.25, 0.3) is 0 Å². The summed E-state index contributed by atoms with van der Waals surface area (Å²) < 4.78 is 0. The van der Waals surface area contributed by atoms with Crippen molar-refractivity contribution in [2.45, 2.75) is 23.9 Å². The van der Waals surface area contributed by atoms with Crippen LogP contribution in [-0.4, -0.2) is 32.6 Å². The smallest absolute Gasteiger partial charge is 0.145 e. The van der Waals surface area contributed by atoms with Crippen molar-refractivity contribution >= 4 is 0 Å². The highest BCUT2D eigenvalue weighted by Crippen LogP contribution is 2.55. The maximum Gasteiger partial charge on any atom is 0.145 e. The fourth-order valence-electron chi connectivity index (χ4n) is 3.56. The summed E-state index contributed by atoms with van der Waals surface area (Å²) >= 11 is 0. The van der Waals surface area contributed by atoms with E-state index in [1.54, 1.807) is 24.3 Å². The third-order valence-electron chi connectivity index (χ3n) is 4.50. The van der Waals surface area contributed by atoms with Gasteiger partial charge in [-0.25, -0.2) is 0 Å². The molecular weight excluding hydrogens is 256 g/mol. The van der Waals surface area contributed by atoms with Crippen molar-refractivity contribution < 1.29 is 20.4 Å². The van der Waals surface area contributed by atoms with Gasteiger partial charge < -0.3 is 20.4 Å². The third-order valence-corrected chi connectivity index (χ3v) is 4.50. The summed E-state index contributed by atoms with van der Waals surface area (Å²) in [6.45, 7) is 0. The lowest BCUT2D eigenvalue weighted by Crippen LogP contribution is -2.52. The van der Waals surface area contributed by atoms with Gasteiger partial charge in [0.2, 0.25) is 0 Å². The Balaban J connectivity index is 2.15. The van der Waals surface area contributed by atoms with Crippen LogP contribution in [0.5, 0.6) is 0 Å². The minimum Gasteiger partial charge on any atom is -0.387 e. The van der Waals surface area contributed by atoms with Gasteiger partial charge in [-0.3, -0.25) is 0 Å². The first-order valence-electron chi connectivity index (χ1n) is 6.56. The number of hydrogen-bond donors (Lipinski definition) is 4. The zero-order valence-corrected chi connectivity index (χ0v) is 10.6. The van der Waals surface area contributed by atoms with E-state index in [1.807, 2.05) is 18.2 Å². The van der Waals surface area contributed by atoms with Crippen LogP contribution in [0.3, 0.4) is 0 Å². The normalized spacial score (nSPS) is 33.7. The molecule has 0 aromatic heterocycles. The summed E-state index contributed by atoms with van der Waals surface area (Å²) in [6, 6.07) is 12.6. The average Bonchev–Trinajstić information content (AvgIpc) is 2.75. The molecule has 0 saturated heterocycles. The zero-order valence-electron chi connectivity index (χ0n) is 10.6. The van der Waals surface area contributed by atoms with Gasteiger partial charge in [0.1, 0.15) is 23.9 Å². The molecule has 2 aromatic rings. The van der Waals surface area contributed by atoms with E-state index in [2.05, 4.69) is 0 Å². The summed E-state index contributed by atoms with van der Waals surface area (Å²) in [5.41, 5.74) is 1.51. The second kappa shape index (κ2) is 3.68. The SMILES string of the molecule is O[C@H]1[C@@H](O)[C@@]2(O)c3ccccc3-c3cccc(c32)[C@@H]1O. The zero-order chi connectivity index (χ0) is 14.1. The second-order valence-electron chi connectivity index (χ2n) is 5.46. The Hall–Kier alpha value is -1.72. The first kappa shape index (κ1) is 12.1. The molecule has 0 aliphatic heterocycles. The maximum atomic E-state index is 11.1. The van der Waals surface area contributed by atoms with Crippen LogP contribution in [-0.2, 0) is 5.60 Å². The Labute approximate surface area is 115 Å². The predicted molar refractivity (Wildman–Crippen MR) is 71.9 cm³/mol. The molecule has 4 N–H and O–H groups in total. The van der Waals surface area contributed by atoms with Gasteiger partial charge in [-0.05, 0) is 22.3 Å². The lowest BCUT2D eigenvalue weighted by atomic mass is 9.73. The lowest BCUT2D eigenvalue weighted by Gasteiger charge is -2.41. The van der Waals surface area contributed by atoms with Crippen molar-refractivity contribution in [2.75, 3.05) is 0 Å². The van der Waals surface area contributed by atoms with Crippen LogP contribution in [0.2, 0.25) is 0 Å². The highest BCUT2D eigenvalue weighted by Gasteiger charge is 2.56. The van der Waals surface area contributed by atoms with Crippen LogP contribution in [0.15, 0.2) is 42.5 Å². The summed E-state index contributed by atoms with van der Waals surface area (Å²) in [4.78, 5) is 0. The fourth-order valence-corrected chi connectivity index (χ4v) is 3.56. The highest BCUT2D eigenvalue weighted by atomic mass is 16.4. The van der Waals surface area contributed by atoms with Crippen molar-refractivity contribution in [3.8, 4) is 11.1 Å². The number of hydrogen-bond acceptors (Lipinski definition) is 4. The number of fused-ring (bicyclic) bond motifs is 3. The first-order valence-corrected chi connectivity index (χ1v) is 6.56. The molecule has 4 atom stereocenters. The number of benzene rings is 2. The molecule has 0 radical (unpaired) electrons. The number of rotatable bonds is 0. The molecule has 0 bridgehead atoms. The van der Waals surface area contributed by atoms with Crippen LogP contribution in [0, 0.1) is 0 Å². The monoisotopic (exact) mass is 270 g/mol. The van der Waals surface area contributed by atoms with Gasteiger partial charge in [-0.2, -0.15) is 0 Å². The Morgan fingerprint density at radius 1 is 0.850 bits per heavy atom. The molecule has 0 saturated carbocycles. The largest absolute Gasteiger partial charge is 0.387 e. The standard InChI is InChI=1S/C16H14O4/c17-13-10-6-3-5-9-8-4-1-2-7-11(8)16(20,12(9)10)15(19)14(13)18/h1-7,13-15,17-20H/t13-,14+,15+,16+/m0/s1. The number of aliphatic hydroxyl groups is 4. The van der Waals surface area contributed by atoms with Crippen molar-refractivity contribution in [1.29, 1.82) is 0 Å². The summed E-state index contributed by atoms with van der Waals surface area (Å²) in [6.07, 6.45) is -4.08. The Morgan fingerprint density at radius 2 is 1.55 bits per heavy atom. The molecule has 0 amide bonds. The summed E-state index contributed by atoms with van der Waals surface area (Å²) in [7, 11) is 0. The van der Waals surface area contributed by atoms with E-state index in [0.29, 0.717) is 16.7 Å². The molecule has 4 nitrogen and oxygen atoms in total. The van der Waals surface area contributed by atoms with Gasteiger partial charge in [-0.15, -0.1) is 0 Å².